The van der Waals surface area contributed by atoms with Crippen molar-refractivity contribution in [2.24, 2.45) is 30.7 Å². The maximum atomic E-state index is 11.2. The van der Waals surface area contributed by atoms with Crippen molar-refractivity contribution in [1.82, 2.24) is 9.78 Å². The fraction of sp³-hybridized carbons (Fsp3) is 0.786. The quantitative estimate of drug-likeness (QED) is 0.805. The second-order valence-corrected chi connectivity index (χ2v) is 6.50. The van der Waals surface area contributed by atoms with E-state index in [4.69, 9.17) is 0 Å². The molecule has 4 aliphatic carbocycles. The van der Waals surface area contributed by atoms with Crippen LogP contribution in [0.15, 0.2) is 12.3 Å². The van der Waals surface area contributed by atoms with Crippen LogP contribution in [0.1, 0.15) is 37.8 Å². The standard InChI is InChI=1S/C14H20N2O/c1-16-3-2-13(15-16)14(17)11-5-9-4-10(7-11)8-12(14)6-9/h2-3,9-12,17H,4-8H2,1H3. The Bertz CT molecular complexity index is 423. The van der Waals surface area contributed by atoms with Gasteiger partial charge in [0.2, 0.25) is 0 Å². The Hall–Kier alpha value is -0.830. The molecule has 1 aromatic heterocycles. The summed E-state index contributed by atoms with van der Waals surface area (Å²) in [6.07, 6.45) is 8.27. The highest BCUT2D eigenvalue weighted by atomic mass is 16.3. The summed E-state index contributed by atoms with van der Waals surface area (Å²) >= 11 is 0. The molecule has 5 rings (SSSR count). The van der Waals surface area contributed by atoms with Gasteiger partial charge >= 0.3 is 0 Å². The van der Waals surface area contributed by atoms with Crippen molar-refractivity contribution in [3.63, 3.8) is 0 Å². The third kappa shape index (κ3) is 1.23. The average Bonchev–Trinajstić information content (AvgIpc) is 2.72. The fourth-order valence-electron chi connectivity index (χ4n) is 4.95. The van der Waals surface area contributed by atoms with Crippen LogP contribution in [0, 0.1) is 23.7 Å². The third-order valence-corrected chi connectivity index (χ3v) is 5.51. The Morgan fingerprint density at radius 2 is 1.76 bits per heavy atom. The monoisotopic (exact) mass is 232 g/mol. The van der Waals surface area contributed by atoms with Gasteiger partial charge in [-0.1, -0.05) is 0 Å². The van der Waals surface area contributed by atoms with E-state index in [-0.39, 0.29) is 0 Å². The molecule has 0 radical (unpaired) electrons. The van der Waals surface area contributed by atoms with Crippen LogP contribution < -0.4 is 0 Å². The second-order valence-electron chi connectivity index (χ2n) is 6.50. The molecule has 4 saturated carbocycles. The molecule has 4 bridgehead atoms. The Kier molecular flexibility index (Phi) is 1.87. The molecular formula is C14H20N2O. The molecule has 3 heteroatoms. The first-order valence-corrected chi connectivity index (χ1v) is 6.88. The highest BCUT2D eigenvalue weighted by Gasteiger charge is 2.58. The molecule has 1 N–H and O–H groups in total. The summed E-state index contributed by atoms with van der Waals surface area (Å²) < 4.78 is 1.82. The Morgan fingerprint density at radius 3 is 2.24 bits per heavy atom. The number of hydrogen-bond donors (Lipinski definition) is 1. The van der Waals surface area contributed by atoms with E-state index in [1.54, 1.807) is 0 Å². The number of rotatable bonds is 1. The Balaban J connectivity index is 1.78. The summed E-state index contributed by atoms with van der Waals surface area (Å²) in [6.45, 7) is 0. The van der Waals surface area contributed by atoms with E-state index in [9.17, 15) is 5.11 Å². The summed E-state index contributed by atoms with van der Waals surface area (Å²) in [5.41, 5.74) is 0.308. The van der Waals surface area contributed by atoms with Crippen molar-refractivity contribution in [3.8, 4) is 0 Å². The minimum atomic E-state index is -0.616. The SMILES string of the molecule is Cn1ccc(C2(O)C3CC4CC(C3)CC2C4)n1. The van der Waals surface area contributed by atoms with E-state index < -0.39 is 5.60 Å². The van der Waals surface area contributed by atoms with Crippen LogP contribution in [0.25, 0.3) is 0 Å². The number of aryl methyl sites for hydroxylation is 1. The lowest BCUT2D eigenvalue weighted by molar-refractivity contribution is -0.181. The molecule has 0 amide bonds. The van der Waals surface area contributed by atoms with Crippen LogP contribution in [0.2, 0.25) is 0 Å². The highest BCUT2D eigenvalue weighted by molar-refractivity contribution is 5.19. The van der Waals surface area contributed by atoms with Crippen LogP contribution in [-0.2, 0) is 12.6 Å². The van der Waals surface area contributed by atoms with Gasteiger partial charge in [0.05, 0.1) is 5.69 Å². The predicted octanol–water partition coefficient (Wildman–Crippen LogP) is 2.06. The van der Waals surface area contributed by atoms with Crippen molar-refractivity contribution >= 4 is 0 Å². The summed E-state index contributed by atoms with van der Waals surface area (Å²) in [6, 6.07) is 2.02. The number of hydrogen-bond acceptors (Lipinski definition) is 2. The summed E-state index contributed by atoms with van der Waals surface area (Å²) in [5, 5.41) is 15.7. The van der Waals surface area contributed by atoms with Gasteiger partial charge in [0.25, 0.3) is 0 Å². The predicted molar refractivity (Wildman–Crippen MR) is 64.1 cm³/mol. The molecule has 0 atom stereocenters. The smallest absolute Gasteiger partial charge is 0.114 e. The first kappa shape index (κ1) is 10.1. The van der Waals surface area contributed by atoms with Crippen LogP contribution in [0.4, 0.5) is 0 Å². The first-order valence-electron chi connectivity index (χ1n) is 6.88. The zero-order valence-corrected chi connectivity index (χ0v) is 10.3. The van der Waals surface area contributed by atoms with E-state index >= 15 is 0 Å². The molecule has 0 aromatic carbocycles. The maximum Gasteiger partial charge on any atom is 0.114 e. The molecule has 1 aromatic rings. The molecule has 92 valence electrons. The van der Waals surface area contributed by atoms with Crippen LogP contribution in [-0.4, -0.2) is 14.9 Å². The number of nitrogens with zero attached hydrogens (tertiary/aromatic N) is 2. The molecular weight excluding hydrogens is 212 g/mol. The average molecular weight is 232 g/mol. The molecule has 0 saturated heterocycles. The van der Waals surface area contributed by atoms with Crippen LogP contribution in [0.3, 0.4) is 0 Å². The maximum absolute atomic E-state index is 11.2. The van der Waals surface area contributed by atoms with Crippen LogP contribution >= 0.6 is 0 Å². The molecule has 0 spiro atoms. The molecule has 0 unspecified atom stereocenters. The molecule has 1 heterocycles. The van der Waals surface area contributed by atoms with Gasteiger partial charge in [-0.05, 0) is 61.8 Å². The zero-order chi connectivity index (χ0) is 11.6. The minimum absolute atomic E-state index is 0.466. The fourth-order valence-corrected chi connectivity index (χ4v) is 4.95. The van der Waals surface area contributed by atoms with Gasteiger partial charge < -0.3 is 5.11 Å². The van der Waals surface area contributed by atoms with Crippen molar-refractivity contribution in [2.75, 3.05) is 0 Å². The molecule has 0 aliphatic heterocycles. The van der Waals surface area contributed by atoms with Crippen LogP contribution in [0.5, 0.6) is 0 Å². The third-order valence-electron chi connectivity index (χ3n) is 5.51. The van der Waals surface area contributed by atoms with E-state index in [1.807, 2.05) is 24.0 Å². The van der Waals surface area contributed by atoms with E-state index in [0.717, 1.165) is 17.5 Å². The lowest BCUT2D eigenvalue weighted by atomic mass is 9.49. The minimum Gasteiger partial charge on any atom is -0.383 e. The van der Waals surface area contributed by atoms with Gasteiger partial charge in [0, 0.05) is 13.2 Å². The second kappa shape index (κ2) is 3.14. The van der Waals surface area contributed by atoms with Gasteiger partial charge in [-0.3, -0.25) is 4.68 Å². The lowest BCUT2D eigenvalue weighted by Crippen LogP contribution is -2.55. The number of aromatic nitrogens is 2. The van der Waals surface area contributed by atoms with E-state index in [1.165, 1.54) is 32.1 Å². The molecule has 17 heavy (non-hydrogen) atoms. The first-order chi connectivity index (χ1) is 8.16. The van der Waals surface area contributed by atoms with Crippen molar-refractivity contribution in [1.29, 1.82) is 0 Å². The van der Waals surface area contributed by atoms with Gasteiger partial charge in [0.15, 0.2) is 0 Å². The topological polar surface area (TPSA) is 38.0 Å². The molecule has 4 aliphatic rings. The lowest BCUT2D eigenvalue weighted by Gasteiger charge is -2.58. The summed E-state index contributed by atoms with van der Waals surface area (Å²) in [5.74, 6) is 2.71. The number of aliphatic hydroxyl groups is 1. The van der Waals surface area contributed by atoms with E-state index in [2.05, 4.69) is 5.10 Å². The normalized spacial score (nSPS) is 47.6. The van der Waals surface area contributed by atoms with Crippen molar-refractivity contribution in [3.05, 3.63) is 18.0 Å². The van der Waals surface area contributed by atoms with Gasteiger partial charge in [-0.15, -0.1) is 0 Å². The van der Waals surface area contributed by atoms with Crippen molar-refractivity contribution < 1.29 is 5.11 Å². The molecule has 4 fully saturated rings. The summed E-state index contributed by atoms with van der Waals surface area (Å²) in [4.78, 5) is 0. The molecule has 3 nitrogen and oxygen atoms in total. The highest BCUT2D eigenvalue weighted by Crippen LogP contribution is 2.61. The largest absolute Gasteiger partial charge is 0.383 e. The van der Waals surface area contributed by atoms with Gasteiger partial charge in [0.1, 0.15) is 5.60 Å². The Morgan fingerprint density at radius 1 is 1.18 bits per heavy atom. The van der Waals surface area contributed by atoms with Gasteiger partial charge in [-0.2, -0.15) is 5.10 Å². The van der Waals surface area contributed by atoms with E-state index in [0.29, 0.717) is 11.8 Å². The van der Waals surface area contributed by atoms with Crippen molar-refractivity contribution in [2.45, 2.75) is 37.7 Å². The Labute approximate surface area is 102 Å². The summed E-state index contributed by atoms with van der Waals surface area (Å²) in [7, 11) is 1.93. The zero-order valence-electron chi connectivity index (χ0n) is 10.3. The van der Waals surface area contributed by atoms with Gasteiger partial charge in [-0.25, -0.2) is 0 Å².